The molecule has 2 saturated heterocycles. The first kappa shape index (κ1) is 39.2. The van der Waals surface area contributed by atoms with E-state index in [1.807, 2.05) is 41.3 Å². The van der Waals surface area contributed by atoms with Gasteiger partial charge >= 0.3 is 18.1 Å². The zero-order valence-corrected chi connectivity index (χ0v) is 31.2. The van der Waals surface area contributed by atoms with E-state index in [2.05, 4.69) is 50.5 Å². The Bertz CT molecular complexity index is 1910. The number of hydrogen-bond acceptors (Lipinski definition) is 10. The zero-order chi connectivity index (χ0) is 39.4. The smallest absolute Gasteiger partial charge is 0.388 e. The number of aromatic nitrogens is 4. The van der Waals surface area contributed by atoms with E-state index >= 15 is 0 Å². The summed E-state index contributed by atoms with van der Waals surface area (Å²) >= 11 is 0. The van der Waals surface area contributed by atoms with Gasteiger partial charge in [0, 0.05) is 50.7 Å². The van der Waals surface area contributed by atoms with Gasteiger partial charge in [0.05, 0.1) is 18.4 Å². The molecule has 2 aromatic heterocycles. The number of hydrogen-bond donors (Lipinski definition) is 6. The second-order valence-electron chi connectivity index (χ2n) is 14.9. The number of nitrogens with zero attached hydrogens (tertiary/aromatic N) is 6. The molecule has 3 fully saturated rings. The first-order valence-electron chi connectivity index (χ1n) is 19.4. The van der Waals surface area contributed by atoms with Gasteiger partial charge in [0.15, 0.2) is 17.0 Å². The second kappa shape index (κ2) is 17.0. The minimum atomic E-state index is -5.14. The molecule has 6 N–H and O–H groups in total. The molecule has 2 aromatic carbocycles. The van der Waals surface area contributed by atoms with Crippen LogP contribution in [0.4, 0.5) is 29.7 Å². The van der Waals surface area contributed by atoms with Crippen LogP contribution in [0.15, 0.2) is 67.0 Å². The Kier molecular flexibility index (Phi) is 11.9. The van der Waals surface area contributed by atoms with Crippen molar-refractivity contribution >= 4 is 34.9 Å². The summed E-state index contributed by atoms with van der Waals surface area (Å²) in [7, 11) is 0. The fourth-order valence-electron chi connectivity index (χ4n) is 8.29. The summed E-state index contributed by atoms with van der Waals surface area (Å²) in [5, 5.41) is 35.2. The molecule has 0 spiro atoms. The highest BCUT2D eigenvalue weighted by atomic mass is 19.4. The van der Waals surface area contributed by atoms with E-state index in [1.54, 1.807) is 11.5 Å². The third kappa shape index (κ3) is 8.54. The van der Waals surface area contributed by atoms with E-state index in [4.69, 9.17) is 9.97 Å². The summed E-state index contributed by atoms with van der Waals surface area (Å²) in [6.45, 7) is 4.44. The SMILES string of the molecule is CCCN(C(=O)C(F)(F)F)[C@H]1C[C@@H](n2cnc3c(NCCC(c4ccccc4)c4ccccc4)nc(N4CC[C@@H](NC(=O)NC5CCNC5)C4)nc32)[C@H](O)[C@@H]1O. The van der Waals surface area contributed by atoms with Crippen molar-refractivity contribution in [2.45, 2.75) is 87.5 Å². The first-order chi connectivity index (χ1) is 27.0. The number of carbonyl (C=O) groups is 2. The number of nitrogens with one attached hydrogen (secondary N) is 4. The largest absolute Gasteiger partial charge is 0.471 e. The molecule has 6 atom stereocenters. The quantitative estimate of drug-likeness (QED) is 0.118. The minimum Gasteiger partial charge on any atom is -0.388 e. The van der Waals surface area contributed by atoms with Crippen LogP contribution in [0.1, 0.15) is 62.1 Å². The summed E-state index contributed by atoms with van der Waals surface area (Å²) in [5.41, 5.74) is 3.01. The Morgan fingerprint density at radius 3 is 2.32 bits per heavy atom. The number of urea groups is 1. The third-order valence-electron chi connectivity index (χ3n) is 11.1. The molecule has 17 heteroatoms. The van der Waals surface area contributed by atoms with E-state index < -0.39 is 36.4 Å². The van der Waals surface area contributed by atoms with Crippen molar-refractivity contribution in [1.82, 2.24) is 40.4 Å². The average Bonchev–Trinajstić information content (AvgIpc) is 4.01. The van der Waals surface area contributed by atoms with Gasteiger partial charge in [-0.2, -0.15) is 23.1 Å². The maximum atomic E-state index is 13.6. The number of benzene rings is 2. The monoisotopic (exact) mass is 778 g/mol. The third-order valence-corrected chi connectivity index (χ3v) is 11.1. The van der Waals surface area contributed by atoms with Crippen LogP contribution in [0.2, 0.25) is 0 Å². The Hall–Kier alpha value is -5.00. The number of aliphatic hydroxyl groups is 2. The van der Waals surface area contributed by atoms with Gasteiger partial charge in [-0.1, -0.05) is 67.6 Å². The molecule has 4 heterocycles. The van der Waals surface area contributed by atoms with E-state index in [9.17, 15) is 33.0 Å². The molecule has 2 aliphatic heterocycles. The molecular weight excluding hydrogens is 729 g/mol. The van der Waals surface area contributed by atoms with Crippen LogP contribution in [-0.2, 0) is 4.79 Å². The topological polar surface area (TPSA) is 173 Å². The van der Waals surface area contributed by atoms with E-state index in [0.717, 1.165) is 30.6 Å². The van der Waals surface area contributed by atoms with Crippen molar-refractivity contribution in [3.8, 4) is 0 Å². The molecule has 3 amide bonds. The zero-order valence-electron chi connectivity index (χ0n) is 31.2. The highest BCUT2D eigenvalue weighted by Crippen LogP contribution is 2.38. The van der Waals surface area contributed by atoms with Gasteiger partial charge in [0.2, 0.25) is 5.95 Å². The summed E-state index contributed by atoms with van der Waals surface area (Å²) in [6.07, 6.45) is -4.57. The fourth-order valence-corrected chi connectivity index (χ4v) is 8.29. The van der Waals surface area contributed by atoms with Crippen LogP contribution >= 0.6 is 0 Å². The lowest BCUT2D eigenvalue weighted by atomic mass is 9.88. The summed E-state index contributed by atoms with van der Waals surface area (Å²) in [5.74, 6) is -1.21. The Balaban J connectivity index is 1.17. The van der Waals surface area contributed by atoms with Crippen molar-refractivity contribution in [3.05, 3.63) is 78.1 Å². The number of fused-ring (bicyclic) bond motifs is 1. The molecule has 1 unspecified atom stereocenters. The molecule has 7 rings (SSSR count). The summed E-state index contributed by atoms with van der Waals surface area (Å²) < 4.78 is 42.5. The van der Waals surface area contributed by atoms with Crippen molar-refractivity contribution in [1.29, 1.82) is 0 Å². The molecule has 14 nitrogen and oxygen atoms in total. The maximum absolute atomic E-state index is 13.6. The maximum Gasteiger partial charge on any atom is 0.471 e. The predicted molar refractivity (Wildman–Crippen MR) is 204 cm³/mol. The van der Waals surface area contributed by atoms with Crippen molar-refractivity contribution in [2.75, 3.05) is 49.5 Å². The molecular formula is C39H49F3N10O4. The first-order valence-corrected chi connectivity index (χ1v) is 19.4. The van der Waals surface area contributed by atoms with Crippen LogP contribution in [0, 0.1) is 0 Å². The van der Waals surface area contributed by atoms with Gasteiger partial charge in [0.25, 0.3) is 0 Å². The van der Waals surface area contributed by atoms with E-state index in [0.29, 0.717) is 60.3 Å². The Morgan fingerprint density at radius 2 is 1.68 bits per heavy atom. The molecule has 0 radical (unpaired) electrons. The van der Waals surface area contributed by atoms with Crippen LogP contribution in [0.3, 0.4) is 0 Å². The number of anilines is 2. The highest BCUT2D eigenvalue weighted by molar-refractivity contribution is 5.85. The number of rotatable bonds is 13. The number of carbonyl (C=O) groups excluding carboxylic acids is 2. The van der Waals surface area contributed by atoms with Crippen molar-refractivity contribution < 1.29 is 33.0 Å². The Labute approximate surface area is 322 Å². The van der Waals surface area contributed by atoms with E-state index in [1.165, 1.54) is 6.33 Å². The Morgan fingerprint density at radius 1 is 0.982 bits per heavy atom. The van der Waals surface area contributed by atoms with Gasteiger partial charge in [-0.25, -0.2) is 9.78 Å². The van der Waals surface area contributed by atoms with Gasteiger partial charge in [-0.3, -0.25) is 4.79 Å². The molecule has 4 aromatic rings. The van der Waals surface area contributed by atoms with Crippen LogP contribution < -0.4 is 26.2 Å². The highest BCUT2D eigenvalue weighted by Gasteiger charge is 2.51. The number of aliphatic hydroxyl groups excluding tert-OH is 2. The lowest BCUT2D eigenvalue weighted by Crippen LogP contribution is -2.51. The van der Waals surface area contributed by atoms with Gasteiger partial charge in [-0.05, 0) is 49.8 Å². The van der Waals surface area contributed by atoms with Crippen LogP contribution in [-0.4, -0.2) is 122 Å². The second-order valence-corrected chi connectivity index (χ2v) is 14.9. The summed E-state index contributed by atoms with van der Waals surface area (Å²) in [6, 6.07) is 17.8. The standard InChI is InChI=1S/C39H49F3N10O4/c1-2-18-51(36(55)39(40,41)42)29-20-30(33(54)32(29)53)52-23-45-31-34(44-17-14-28(24-9-5-3-6-10-24)25-11-7-4-8-12-25)48-37(49-35(31)52)50-19-15-27(22-50)47-38(56)46-26-13-16-43-21-26/h3-12,23,26-30,32-33,43,53-54H,2,13-22H2,1H3,(H,44,48,49)(H2,46,47,56)/t26?,27-,29+,30-,32-,33+/m1/s1. The normalized spacial score (nSPS) is 23.9. The van der Waals surface area contributed by atoms with Gasteiger partial charge in [-0.15, -0.1) is 0 Å². The predicted octanol–water partition coefficient (Wildman–Crippen LogP) is 3.54. The van der Waals surface area contributed by atoms with Crippen LogP contribution in [0.25, 0.3) is 11.2 Å². The van der Waals surface area contributed by atoms with Gasteiger partial charge < -0.3 is 45.8 Å². The minimum absolute atomic E-state index is 0.0697. The molecule has 0 bridgehead atoms. The molecule has 3 aliphatic rings. The van der Waals surface area contributed by atoms with Crippen molar-refractivity contribution in [3.63, 3.8) is 0 Å². The molecule has 56 heavy (non-hydrogen) atoms. The van der Waals surface area contributed by atoms with Crippen molar-refractivity contribution in [2.24, 2.45) is 0 Å². The number of amides is 3. The molecule has 1 saturated carbocycles. The number of imidazole rings is 1. The summed E-state index contributed by atoms with van der Waals surface area (Å²) in [4.78, 5) is 42.2. The number of halogens is 3. The fraction of sp³-hybridized carbons (Fsp3) is 0.513. The number of alkyl halides is 3. The van der Waals surface area contributed by atoms with E-state index in [-0.39, 0.29) is 43.4 Å². The molecule has 300 valence electrons. The average molecular weight is 779 g/mol. The lowest BCUT2D eigenvalue weighted by molar-refractivity contribution is -0.190. The molecule has 1 aliphatic carbocycles. The van der Waals surface area contributed by atoms with Crippen LogP contribution in [0.5, 0.6) is 0 Å². The van der Waals surface area contributed by atoms with Gasteiger partial charge in [0.1, 0.15) is 12.2 Å². The lowest BCUT2D eigenvalue weighted by Gasteiger charge is -2.31.